The van der Waals surface area contributed by atoms with Crippen LogP contribution in [0, 0.1) is 12.8 Å². The Morgan fingerprint density at radius 3 is 2.66 bits per heavy atom. The van der Waals surface area contributed by atoms with E-state index in [1.54, 1.807) is 24.5 Å². The molecule has 0 bridgehead atoms. The molecule has 1 amide bonds. The molecule has 3 aromatic heterocycles. The first-order valence-corrected chi connectivity index (χ1v) is 11.6. The molecule has 0 radical (unpaired) electrons. The van der Waals surface area contributed by atoms with E-state index in [0.29, 0.717) is 35.4 Å². The van der Waals surface area contributed by atoms with Crippen LogP contribution in [0.5, 0.6) is 0 Å². The highest BCUT2D eigenvalue weighted by Crippen LogP contribution is 2.19. The number of carbonyl (C=O) groups is 1. The van der Waals surface area contributed by atoms with Crippen LogP contribution in [0.1, 0.15) is 23.5 Å². The van der Waals surface area contributed by atoms with E-state index in [1.807, 2.05) is 49.4 Å². The van der Waals surface area contributed by atoms with E-state index >= 15 is 0 Å². The van der Waals surface area contributed by atoms with Crippen molar-refractivity contribution in [1.29, 1.82) is 0 Å². The third kappa shape index (κ3) is 5.82. The lowest BCUT2D eigenvalue weighted by atomic mass is 10.1. The average molecular weight is 467 g/mol. The third-order valence-electron chi connectivity index (χ3n) is 5.72. The summed E-state index contributed by atoms with van der Waals surface area (Å²) in [7, 11) is 0. The zero-order chi connectivity index (χ0) is 24.0. The number of amides is 1. The molecule has 3 N–H and O–H groups in total. The molecule has 9 nitrogen and oxygen atoms in total. The summed E-state index contributed by atoms with van der Waals surface area (Å²) < 4.78 is 0. The molecule has 1 aromatic carbocycles. The minimum Gasteiger partial charge on any atom is -0.326 e. The van der Waals surface area contributed by atoms with Gasteiger partial charge in [-0.3, -0.25) is 4.79 Å². The number of anilines is 3. The molecule has 1 fully saturated rings. The number of pyridine rings is 1. The van der Waals surface area contributed by atoms with Crippen molar-refractivity contribution in [3.05, 3.63) is 84.1 Å². The molecule has 1 aliphatic rings. The lowest BCUT2D eigenvalue weighted by Crippen LogP contribution is -2.24. The number of rotatable bonds is 7. The van der Waals surface area contributed by atoms with Crippen LogP contribution in [0.3, 0.4) is 0 Å². The van der Waals surface area contributed by atoms with E-state index in [2.05, 4.69) is 40.9 Å². The summed E-state index contributed by atoms with van der Waals surface area (Å²) in [4.78, 5) is 34.9. The number of nitrogens with one attached hydrogen (secondary N) is 3. The Morgan fingerprint density at radius 1 is 1.00 bits per heavy atom. The van der Waals surface area contributed by atoms with E-state index in [4.69, 9.17) is 0 Å². The SMILES string of the molecule is Cc1cccc(-c2nccc(Nc3ccnc(Cc4cccc(NC(=O)C5CCNC5)c4)n3)n2)n1. The highest BCUT2D eigenvalue weighted by Gasteiger charge is 2.22. The molecule has 9 heteroatoms. The maximum absolute atomic E-state index is 12.4. The van der Waals surface area contributed by atoms with E-state index < -0.39 is 0 Å². The topological polar surface area (TPSA) is 118 Å². The molecule has 35 heavy (non-hydrogen) atoms. The largest absolute Gasteiger partial charge is 0.326 e. The molecule has 1 aliphatic heterocycles. The summed E-state index contributed by atoms with van der Waals surface area (Å²) in [5, 5.41) is 9.48. The van der Waals surface area contributed by atoms with Gasteiger partial charge in [0.1, 0.15) is 23.2 Å². The van der Waals surface area contributed by atoms with Gasteiger partial charge in [-0.05, 0) is 61.9 Å². The normalized spacial score (nSPS) is 15.1. The standard InChI is InChI=1S/C26H26N8O/c1-17-4-2-7-21(30-17)25-29-13-10-23(34-25)32-22-9-12-28-24(33-22)15-18-5-3-6-20(14-18)31-26(35)19-8-11-27-16-19/h2-7,9-10,12-14,19,27H,8,11,15-16H2,1H3,(H,31,35)(H,28,29,32,33,34). The van der Waals surface area contributed by atoms with Gasteiger partial charge in [0, 0.05) is 36.7 Å². The van der Waals surface area contributed by atoms with Gasteiger partial charge >= 0.3 is 0 Å². The van der Waals surface area contributed by atoms with Crippen LogP contribution < -0.4 is 16.0 Å². The molecular weight excluding hydrogens is 440 g/mol. The first-order chi connectivity index (χ1) is 17.1. The highest BCUT2D eigenvalue weighted by atomic mass is 16.1. The van der Waals surface area contributed by atoms with Crippen molar-refractivity contribution < 1.29 is 4.79 Å². The highest BCUT2D eigenvalue weighted by molar-refractivity contribution is 5.93. The first-order valence-electron chi connectivity index (χ1n) is 11.6. The van der Waals surface area contributed by atoms with E-state index in [1.165, 1.54) is 0 Å². The summed E-state index contributed by atoms with van der Waals surface area (Å²) in [6.45, 7) is 3.55. The van der Waals surface area contributed by atoms with Gasteiger partial charge in [-0.15, -0.1) is 0 Å². The number of aromatic nitrogens is 5. The van der Waals surface area contributed by atoms with Crippen LogP contribution in [0.15, 0.2) is 67.0 Å². The molecule has 5 rings (SSSR count). The van der Waals surface area contributed by atoms with Crippen LogP contribution in [0.4, 0.5) is 17.3 Å². The Kier molecular flexibility index (Phi) is 6.67. The molecule has 1 unspecified atom stereocenters. The van der Waals surface area contributed by atoms with Gasteiger partial charge in [0.05, 0.1) is 5.92 Å². The Hall–Kier alpha value is -4.24. The van der Waals surface area contributed by atoms with Gasteiger partial charge in [-0.2, -0.15) is 0 Å². The van der Waals surface area contributed by atoms with Crippen LogP contribution >= 0.6 is 0 Å². The minimum atomic E-state index is 0.0220. The molecule has 0 aliphatic carbocycles. The Bertz CT molecular complexity index is 1340. The van der Waals surface area contributed by atoms with Gasteiger partial charge in [-0.25, -0.2) is 24.9 Å². The van der Waals surface area contributed by atoms with Crippen molar-refractivity contribution >= 4 is 23.2 Å². The Balaban J connectivity index is 1.27. The molecule has 4 aromatic rings. The molecule has 0 saturated carbocycles. The number of hydrogen-bond acceptors (Lipinski definition) is 8. The zero-order valence-corrected chi connectivity index (χ0v) is 19.4. The monoisotopic (exact) mass is 466 g/mol. The van der Waals surface area contributed by atoms with E-state index in [0.717, 1.165) is 36.5 Å². The molecule has 4 heterocycles. The zero-order valence-electron chi connectivity index (χ0n) is 19.4. The van der Waals surface area contributed by atoms with Gasteiger partial charge in [0.15, 0.2) is 5.82 Å². The van der Waals surface area contributed by atoms with E-state index in [9.17, 15) is 4.79 Å². The maximum atomic E-state index is 12.4. The predicted octanol–water partition coefficient (Wildman–Crippen LogP) is 3.52. The first kappa shape index (κ1) is 22.5. The van der Waals surface area contributed by atoms with Crippen molar-refractivity contribution in [3.8, 4) is 11.5 Å². The molecule has 176 valence electrons. The fraction of sp³-hybridized carbons (Fsp3) is 0.231. The van der Waals surface area contributed by atoms with Crippen LogP contribution in [0.25, 0.3) is 11.5 Å². The second-order valence-electron chi connectivity index (χ2n) is 8.47. The summed E-state index contributed by atoms with van der Waals surface area (Å²) in [6.07, 6.45) is 4.81. The van der Waals surface area contributed by atoms with Gasteiger partial charge in [0.2, 0.25) is 5.91 Å². The Morgan fingerprint density at radius 2 is 1.83 bits per heavy atom. The predicted molar refractivity (Wildman–Crippen MR) is 134 cm³/mol. The van der Waals surface area contributed by atoms with Crippen molar-refractivity contribution in [2.24, 2.45) is 5.92 Å². The third-order valence-corrected chi connectivity index (χ3v) is 5.72. The van der Waals surface area contributed by atoms with Crippen LogP contribution in [-0.4, -0.2) is 43.9 Å². The van der Waals surface area contributed by atoms with Gasteiger partial charge in [-0.1, -0.05) is 18.2 Å². The van der Waals surface area contributed by atoms with Crippen molar-refractivity contribution in [3.63, 3.8) is 0 Å². The molecular formula is C26H26N8O. The van der Waals surface area contributed by atoms with Crippen LogP contribution in [0.2, 0.25) is 0 Å². The van der Waals surface area contributed by atoms with Crippen LogP contribution in [-0.2, 0) is 11.2 Å². The number of hydrogen-bond donors (Lipinski definition) is 3. The molecule has 1 saturated heterocycles. The average Bonchev–Trinajstić information content (AvgIpc) is 3.40. The lowest BCUT2D eigenvalue weighted by molar-refractivity contribution is -0.119. The smallest absolute Gasteiger partial charge is 0.228 e. The van der Waals surface area contributed by atoms with Crippen molar-refractivity contribution in [2.45, 2.75) is 19.8 Å². The summed E-state index contributed by atoms with van der Waals surface area (Å²) in [6, 6.07) is 17.1. The fourth-order valence-electron chi connectivity index (χ4n) is 3.97. The summed E-state index contributed by atoms with van der Waals surface area (Å²) in [5.41, 5.74) is 3.42. The minimum absolute atomic E-state index is 0.0220. The Labute approximate surface area is 203 Å². The molecule has 0 spiro atoms. The van der Waals surface area contributed by atoms with Gasteiger partial charge in [0.25, 0.3) is 0 Å². The number of benzene rings is 1. The molecule has 1 atom stereocenters. The summed E-state index contributed by atoms with van der Waals surface area (Å²) >= 11 is 0. The fourth-order valence-corrected chi connectivity index (χ4v) is 3.97. The van der Waals surface area contributed by atoms with Crippen molar-refractivity contribution in [2.75, 3.05) is 23.7 Å². The lowest BCUT2D eigenvalue weighted by Gasteiger charge is -2.11. The van der Waals surface area contributed by atoms with Gasteiger partial charge < -0.3 is 16.0 Å². The summed E-state index contributed by atoms with van der Waals surface area (Å²) in [5.74, 6) is 2.53. The number of carbonyl (C=O) groups excluding carboxylic acids is 1. The second-order valence-corrected chi connectivity index (χ2v) is 8.47. The number of aryl methyl sites for hydroxylation is 1. The van der Waals surface area contributed by atoms with Crippen molar-refractivity contribution in [1.82, 2.24) is 30.2 Å². The van der Waals surface area contributed by atoms with E-state index in [-0.39, 0.29) is 11.8 Å². The number of nitrogens with zero attached hydrogens (tertiary/aromatic N) is 5. The quantitative estimate of drug-likeness (QED) is 0.379. The second kappa shape index (κ2) is 10.4. The maximum Gasteiger partial charge on any atom is 0.228 e.